The number of hydrogen-bond donors (Lipinski definition) is 2. The maximum atomic E-state index is 11.9. The van der Waals surface area contributed by atoms with Crippen molar-refractivity contribution in [2.75, 3.05) is 0 Å². The molecule has 2 atom stereocenters. The Morgan fingerprint density at radius 1 is 1.29 bits per heavy atom. The number of carbonyl (C=O) groups is 2. The Labute approximate surface area is 78.1 Å². The van der Waals surface area contributed by atoms with Crippen LogP contribution in [0.3, 0.4) is 0 Å². The number of alkyl halides is 3. The van der Waals surface area contributed by atoms with Gasteiger partial charge in [0.2, 0.25) is 5.91 Å². The molecule has 1 unspecified atom stereocenters. The Kier molecular flexibility index (Phi) is 3.91. The molecule has 0 saturated carbocycles. The SMILES string of the molecule is CC(C(=O)N[C@@H](C)C(=O)O)C(F)(F)F. The largest absolute Gasteiger partial charge is 0.480 e. The molecular formula is C7H10F3NO3. The molecule has 0 aromatic rings. The van der Waals surface area contributed by atoms with Gasteiger partial charge in [-0.15, -0.1) is 0 Å². The molecule has 14 heavy (non-hydrogen) atoms. The van der Waals surface area contributed by atoms with Crippen LogP contribution in [0.25, 0.3) is 0 Å². The van der Waals surface area contributed by atoms with Crippen molar-refractivity contribution in [3.63, 3.8) is 0 Å². The lowest BCUT2D eigenvalue weighted by molar-refractivity contribution is -0.180. The summed E-state index contributed by atoms with van der Waals surface area (Å²) in [5, 5.41) is 10.0. The second kappa shape index (κ2) is 4.30. The van der Waals surface area contributed by atoms with Gasteiger partial charge in [0, 0.05) is 0 Å². The second-order valence-corrected chi connectivity index (χ2v) is 2.83. The zero-order chi connectivity index (χ0) is 11.5. The van der Waals surface area contributed by atoms with E-state index in [2.05, 4.69) is 0 Å². The minimum absolute atomic E-state index is 0.671. The standard InChI is InChI=1S/C7H10F3NO3/c1-3(7(8,9)10)5(12)11-4(2)6(13)14/h3-4H,1-2H3,(H,11,12)(H,13,14)/t3?,4-/m0/s1. The number of rotatable bonds is 3. The van der Waals surface area contributed by atoms with Crippen molar-refractivity contribution in [2.24, 2.45) is 5.92 Å². The van der Waals surface area contributed by atoms with Crippen LogP contribution in [0.5, 0.6) is 0 Å². The molecule has 4 nitrogen and oxygen atoms in total. The maximum Gasteiger partial charge on any atom is 0.400 e. The summed E-state index contributed by atoms with van der Waals surface area (Å²) < 4.78 is 35.8. The molecule has 0 aromatic heterocycles. The van der Waals surface area contributed by atoms with Gasteiger partial charge in [0.25, 0.3) is 0 Å². The summed E-state index contributed by atoms with van der Waals surface area (Å²) >= 11 is 0. The van der Waals surface area contributed by atoms with Crippen LogP contribution < -0.4 is 5.32 Å². The molecule has 0 radical (unpaired) electrons. The first-order valence-electron chi connectivity index (χ1n) is 3.76. The van der Waals surface area contributed by atoms with Crippen LogP contribution in [0, 0.1) is 5.92 Å². The summed E-state index contributed by atoms with van der Waals surface area (Å²) in [5.41, 5.74) is 0. The first-order valence-corrected chi connectivity index (χ1v) is 3.76. The molecule has 0 spiro atoms. The first-order chi connectivity index (χ1) is 6.16. The fourth-order valence-electron chi connectivity index (χ4n) is 0.549. The molecule has 2 N–H and O–H groups in total. The van der Waals surface area contributed by atoms with Crippen LogP contribution >= 0.6 is 0 Å². The fourth-order valence-corrected chi connectivity index (χ4v) is 0.549. The van der Waals surface area contributed by atoms with E-state index in [1.807, 2.05) is 0 Å². The summed E-state index contributed by atoms with van der Waals surface area (Å²) in [7, 11) is 0. The van der Waals surface area contributed by atoms with Gasteiger partial charge in [0.05, 0.1) is 0 Å². The van der Waals surface area contributed by atoms with Gasteiger partial charge in [-0.2, -0.15) is 13.2 Å². The van der Waals surface area contributed by atoms with E-state index in [-0.39, 0.29) is 0 Å². The number of hydrogen-bond acceptors (Lipinski definition) is 2. The number of carboxylic acid groups (broad SMARTS) is 1. The highest BCUT2D eigenvalue weighted by molar-refractivity contribution is 5.84. The fraction of sp³-hybridized carbons (Fsp3) is 0.714. The van der Waals surface area contributed by atoms with Crippen molar-refractivity contribution in [3.05, 3.63) is 0 Å². The Hall–Kier alpha value is -1.27. The van der Waals surface area contributed by atoms with Crippen LogP contribution in [-0.4, -0.2) is 29.2 Å². The van der Waals surface area contributed by atoms with E-state index in [0.717, 1.165) is 6.92 Å². The van der Waals surface area contributed by atoms with Crippen molar-refractivity contribution in [2.45, 2.75) is 26.1 Å². The molecular weight excluding hydrogens is 203 g/mol. The third-order valence-electron chi connectivity index (χ3n) is 1.61. The Balaban J connectivity index is 4.29. The van der Waals surface area contributed by atoms with E-state index in [9.17, 15) is 22.8 Å². The van der Waals surface area contributed by atoms with E-state index in [1.165, 1.54) is 0 Å². The number of halogens is 3. The minimum atomic E-state index is -4.65. The molecule has 82 valence electrons. The lowest BCUT2D eigenvalue weighted by atomic mass is 10.1. The summed E-state index contributed by atoms with van der Waals surface area (Å²) in [4.78, 5) is 21.0. The highest BCUT2D eigenvalue weighted by Crippen LogP contribution is 2.25. The third kappa shape index (κ3) is 3.63. The van der Waals surface area contributed by atoms with Gasteiger partial charge in [0.1, 0.15) is 12.0 Å². The topological polar surface area (TPSA) is 66.4 Å². The van der Waals surface area contributed by atoms with Crippen LogP contribution in [0.1, 0.15) is 13.8 Å². The van der Waals surface area contributed by atoms with Gasteiger partial charge in [-0.05, 0) is 13.8 Å². The molecule has 0 saturated heterocycles. The van der Waals surface area contributed by atoms with E-state index in [1.54, 1.807) is 5.32 Å². The molecule has 0 aliphatic rings. The molecule has 1 amide bonds. The van der Waals surface area contributed by atoms with Crippen molar-refractivity contribution in [3.8, 4) is 0 Å². The molecule has 0 bridgehead atoms. The van der Waals surface area contributed by atoms with Crippen molar-refractivity contribution in [1.82, 2.24) is 5.32 Å². The van der Waals surface area contributed by atoms with Gasteiger partial charge in [-0.3, -0.25) is 9.59 Å². The predicted octanol–water partition coefficient (Wildman–Crippen LogP) is 0.774. The molecule has 0 aliphatic heterocycles. The quantitative estimate of drug-likeness (QED) is 0.727. The summed E-state index contributed by atoms with van der Waals surface area (Å²) in [6.45, 7) is 1.76. The van der Waals surface area contributed by atoms with Crippen molar-refractivity contribution < 1.29 is 27.9 Å². The molecule has 0 aromatic carbocycles. The number of amides is 1. The summed E-state index contributed by atoms with van der Waals surface area (Å²) in [5.74, 6) is -4.93. The van der Waals surface area contributed by atoms with E-state index < -0.39 is 30.0 Å². The van der Waals surface area contributed by atoms with Gasteiger partial charge < -0.3 is 10.4 Å². The normalized spacial score (nSPS) is 15.8. The zero-order valence-corrected chi connectivity index (χ0v) is 7.55. The molecule has 7 heteroatoms. The first kappa shape index (κ1) is 12.7. The summed E-state index contributed by atoms with van der Waals surface area (Å²) in [6.07, 6.45) is -4.65. The number of carboxylic acids is 1. The number of aliphatic carboxylic acids is 1. The van der Waals surface area contributed by atoms with Gasteiger partial charge in [-0.1, -0.05) is 0 Å². The Bertz CT molecular complexity index is 239. The average Bonchev–Trinajstić information content (AvgIpc) is 2.00. The smallest absolute Gasteiger partial charge is 0.400 e. The van der Waals surface area contributed by atoms with Crippen LogP contribution in [0.2, 0.25) is 0 Å². The highest BCUT2D eigenvalue weighted by atomic mass is 19.4. The van der Waals surface area contributed by atoms with Crippen molar-refractivity contribution in [1.29, 1.82) is 0 Å². The highest BCUT2D eigenvalue weighted by Gasteiger charge is 2.41. The monoisotopic (exact) mass is 213 g/mol. The van der Waals surface area contributed by atoms with Gasteiger partial charge >= 0.3 is 12.1 Å². The molecule has 0 rings (SSSR count). The van der Waals surface area contributed by atoms with E-state index >= 15 is 0 Å². The van der Waals surface area contributed by atoms with Gasteiger partial charge in [-0.25, -0.2) is 0 Å². The Morgan fingerprint density at radius 2 is 1.71 bits per heavy atom. The summed E-state index contributed by atoms with van der Waals surface area (Å²) in [6, 6.07) is -1.33. The van der Waals surface area contributed by atoms with Gasteiger partial charge in [0.15, 0.2) is 0 Å². The minimum Gasteiger partial charge on any atom is -0.480 e. The van der Waals surface area contributed by atoms with Crippen LogP contribution in [0.4, 0.5) is 13.2 Å². The predicted molar refractivity (Wildman–Crippen MR) is 40.5 cm³/mol. The molecule has 0 fully saturated rings. The maximum absolute atomic E-state index is 11.9. The van der Waals surface area contributed by atoms with Crippen molar-refractivity contribution >= 4 is 11.9 Å². The lowest BCUT2D eigenvalue weighted by Gasteiger charge is -2.16. The molecule has 0 heterocycles. The number of carbonyl (C=O) groups excluding carboxylic acids is 1. The van der Waals surface area contributed by atoms with E-state index in [0.29, 0.717) is 6.92 Å². The van der Waals surface area contributed by atoms with Crippen LogP contribution in [-0.2, 0) is 9.59 Å². The number of nitrogens with one attached hydrogen (secondary N) is 1. The average molecular weight is 213 g/mol. The zero-order valence-electron chi connectivity index (χ0n) is 7.55. The second-order valence-electron chi connectivity index (χ2n) is 2.83. The third-order valence-corrected chi connectivity index (χ3v) is 1.61. The Morgan fingerprint density at radius 3 is 2.00 bits per heavy atom. The van der Waals surface area contributed by atoms with E-state index in [4.69, 9.17) is 5.11 Å². The van der Waals surface area contributed by atoms with Crippen LogP contribution in [0.15, 0.2) is 0 Å². The lowest BCUT2D eigenvalue weighted by Crippen LogP contribution is -2.44. The molecule has 0 aliphatic carbocycles.